The first kappa shape index (κ1) is 11.8. The summed E-state index contributed by atoms with van der Waals surface area (Å²) in [7, 11) is 0. The Morgan fingerprint density at radius 3 is 2.67 bits per heavy atom. The van der Waals surface area contributed by atoms with Crippen LogP contribution in [0.3, 0.4) is 0 Å². The van der Waals surface area contributed by atoms with Crippen LogP contribution in [0.1, 0.15) is 12.5 Å². The molecule has 1 aromatic rings. The second kappa shape index (κ2) is 3.99. The van der Waals surface area contributed by atoms with Crippen LogP contribution in [0.15, 0.2) is 26.4 Å². The summed E-state index contributed by atoms with van der Waals surface area (Å²) in [5, 5.41) is 18.7. The summed E-state index contributed by atoms with van der Waals surface area (Å²) in [6.07, 6.45) is 1.27. The third-order valence-corrected chi connectivity index (χ3v) is 2.43. The number of nitrogens with one attached hydrogen (secondary N) is 1. The number of hydrogen-bond acceptors (Lipinski definition) is 4. The predicted octanol–water partition coefficient (Wildman–Crippen LogP) is -0.747. The highest BCUT2D eigenvalue weighted by Gasteiger charge is 2.27. The Bertz CT molecular complexity index is 720. The Kier molecular flexibility index (Phi) is 2.62. The summed E-state index contributed by atoms with van der Waals surface area (Å²) in [5.41, 5.74) is -0.712. The van der Waals surface area contributed by atoms with Crippen LogP contribution >= 0.6 is 0 Å². The van der Waals surface area contributed by atoms with Crippen molar-refractivity contribution in [3.63, 3.8) is 0 Å². The summed E-state index contributed by atoms with van der Waals surface area (Å²) in [4.78, 5) is 32.0. The zero-order valence-corrected chi connectivity index (χ0v) is 9.63. The number of aromatic amines is 1. The number of aliphatic imine (C=N–C) groups is 2. The molecular weight excluding hydrogens is 240 g/mol. The fourth-order valence-corrected chi connectivity index (χ4v) is 1.44. The molecule has 0 bridgehead atoms. The number of amidine groups is 1. The van der Waals surface area contributed by atoms with Gasteiger partial charge in [-0.15, -0.1) is 0 Å². The summed E-state index contributed by atoms with van der Waals surface area (Å²) < 4.78 is 1.02. The number of nitrogens with zero attached hydrogens (tertiary/aromatic N) is 3. The van der Waals surface area contributed by atoms with Gasteiger partial charge in [0, 0.05) is 5.56 Å². The van der Waals surface area contributed by atoms with Crippen LogP contribution in [0.25, 0.3) is 5.82 Å². The molecule has 8 nitrogen and oxygen atoms in total. The third kappa shape index (κ3) is 1.83. The first-order valence-electron chi connectivity index (χ1n) is 4.99. The number of aliphatic hydroxyl groups is 2. The molecule has 0 saturated carbocycles. The lowest BCUT2D eigenvalue weighted by atomic mass is 10.2. The highest BCUT2D eigenvalue weighted by atomic mass is 16.3. The summed E-state index contributed by atoms with van der Waals surface area (Å²) >= 11 is 0. The summed E-state index contributed by atoms with van der Waals surface area (Å²) in [6.45, 7) is 3.00. The van der Waals surface area contributed by atoms with E-state index in [-0.39, 0.29) is 11.4 Å². The number of aryl methyl sites for hydroxylation is 1. The van der Waals surface area contributed by atoms with E-state index in [1.54, 1.807) is 0 Å². The fraction of sp³-hybridized carbons (Fsp3) is 0.200. The molecule has 93 valence electrons. The summed E-state index contributed by atoms with van der Waals surface area (Å²) in [6, 6.07) is -0.663. The van der Waals surface area contributed by atoms with Gasteiger partial charge in [-0.25, -0.2) is 4.79 Å². The molecule has 0 amide bonds. The standard InChI is InChI=1S/C10H10N4O4/c1-4-3-14(10(18)13-7(4)15)6-5(2)8(16)12-9(17)11-6/h3H,1-2H3,(H2,12,16,17)(H,13,15,18)/q+1. The maximum Gasteiger partial charge on any atom is 0.470 e. The smallest absolute Gasteiger partial charge is 0.470 e. The van der Waals surface area contributed by atoms with Gasteiger partial charge in [0.25, 0.3) is 11.4 Å². The second-order valence-corrected chi connectivity index (χ2v) is 3.74. The largest absolute Gasteiger partial charge is 0.481 e. The first-order chi connectivity index (χ1) is 8.40. The van der Waals surface area contributed by atoms with Gasteiger partial charge in [-0.2, -0.15) is 4.57 Å². The van der Waals surface area contributed by atoms with E-state index >= 15 is 0 Å². The zero-order valence-electron chi connectivity index (χ0n) is 9.63. The minimum Gasteiger partial charge on any atom is -0.481 e. The summed E-state index contributed by atoms with van der Waals surface area (Å²) in [5.74, 6) is -0.433. The zero-order chi connectivity index (χ0) is 13.4. The SMILES string of the molecule is CC1=C(n2cc(C)c(=O)[nH]c2=O)[N+]=C(O)N=C1O. The van der Waals surface area contributed by atoms with E-state index in [2.05, 4.69) is 15.0 Å². The Balaban J connectivity index is 2.75. The average molecular weight is 250 g/mol. The van der Waals surface area contributed by atoms with Crippen LogP contribution in [0.2, 0.25) is 0 Å². The maximum absolute atomic E-state index is 11.7. The van der Waals surface area contributed by atoms with Gasteiger partial charge in [-0.3, -0.25) is 9.78 Å². The van der Waals surface area contributed by atoms with Crippen molar-refractivity contribution in [2.75, 3.05) is 0 Å². The highest BCUT2D eigenvalue weighted by molar-refractivity contribution is 6.05. The van der Waals surface area contributed by atoms with E-state index in [4.69, 9.17) is 0 Å². The van der Waals surface area contributed by atoms with Crippen LogP contribution in [-0.2, 0) is 0 Å². The average Bonchev–Trinajstić information content (AvgIpc) is 2.29. The van der Waals surface area contributed by atoms with Crippen LogP contribution in [0.4, 0.5) is 0 Å². The van der Waals surface area contributed by atoms with Gasteiger partial charge in [0.15, 0.2) is 0 Å². The second-order valence-electron chi connectivity index (χ2n) is 3.74. The van der Waals surface area contributed by atoms with E-state index in [0.29, 0.717) is 5.56 Å². The van der Waals surface area contributed by atoms with Crippen molar-refractivity contribution in [3.8, 4) is 0 Å². The maximum atomic E-state index is 11.7. The van der Waals surface area contributed by atoms with E-state index < -0.39 is 23.2 Å². The van der Waals surface area contributed by atoms with Gasteiger partial charge in [-0.05, 0) is 23.8 Å². The van der Waals surface area contributed by atoms with Crippen LogP contribution in [0.5, 0.6) is 0 Å². The molecular formula is C10H10N4O4+. The van der Waals surface area contributed by atoms with Crippen molar-refractivity contribution in [1.29, 1.82) is 0 Å². The fourth-order valence-electron chi connectivity index (χ4n) is 1.44. The van der Waals surface area contributed by atoms with Gasteiger partial charge < -0.3 is 10.2 Å². The monoisotopic (exact) mass is 250 g/mol. The normalized spacial score (nSPS) is 15.4. The minimum absolute atomic E-state index is 0.00403. The quantitative estimate of drug-likeness (QED) is 0.607. The van der Waals surface area contributed by atoms with Crippen molar-refractivity contribution in [3.05, 3.63) is 38.2 Å². The predicted molar refractivity (Wildman–Crippen MR) is 64.8 cm³/mol. The third-order valence-electron chi connectivity index (χ3n) is 2.43. The molecule has 0 spiro atoms. The lowest BCUT2D eigenvalue weighted by Gasteiger charge is -2.04. The molecule has 1 aliphatic rings. The van der Waals surface area contributed by atoms with Crippen molar-refractivity contribution in [2.24, 2.45) is 4.99 Å². The molecule has 1 aromatic heterocycles. The molecule has 2 rings (SSSR count). The van der Waals surface area contributed by atoms with E-state index in [9.17, 15) is 19.8 Å². The van der Waals surface area contributed by atoms with Crippen molar-refractivity contribution in [1.82, 2.24) is 14.5 Å². The molecule has 0 unspecified atom stereocenters. The number of aromatic nitrogens is 2. The first-order valence-corrected chi connectivity index (χ1v) is 4.99. The Morgan fingerprint density at radius 1 is 1.33 bits per heavy atom. The Morgan fingerprint density at radius 2 is 2.00 bits per heavy atom. The van der Waals surface area contributed by atoms with Crippen LogP contribution in [-0.4, -0.2) is 31.7 Å². The lowest BCUT2D eigenvalue weighted by molar-refractivity contribution is 0.516. The molecule has 0 aromatic carbocycles. The molecule has 0 atom stereocenters. The number of hydrogen-bond donors (Lipinski definition) is 3. The number of aliphatic hydroxyl groups excluding tert-OH is 2. The van der Waals surface area contributed by atoms with E-state index in [0.717, 1.165) is 4.57 Å². The van der Waals surface area contributed by atoms with E-state index in [1.165, 1.54) is 20.0 Å². The Hall–Kier alpha value is -2.64. The van der Waals surface area contributed by atoms with Gasteiger partial charge in [-0.1, -0.05) is 0 Å². The molecule has 1 radical (unpaired) electrons. The highest BCUT2D eigenvalue weighted by Crippen LogP contribution is 2.10. The van der Waals surface area contributed by atoms with Gasteiger partial charge in [0.2, 0.25) is 0 Å². The topological polar surface area (TPSA) is 122 Å². The van der Waals surface area contributed by atoms with Crippen molar-refractivity contribution < 1.29 is 10.2 Å². The van der Waals surface area contributed by atoms with Crippen LogP contribution in [0, 0.1) is 6.92 Å². The van der Waals surface area contributed by atoms with Crippen LogP contribution < -0.4 is 16.2 Å². The minimum atomic E-state index is -0.716. The van der Waals surface area contributed by atoms with Gasteiger partial charge >= 0.3 is 17.6 Å². The van der Waals surface area contributed by atoms with Gasteiger partial charge in [0.1, 0.15) is 5.57 Å². The molecule has 0 fully saturated rings. The molecule has 0 saturated heterocycles. The van der Waals surface area contributed by atoms with Crippen molar-refractivity contribution >= 4 is 17.7 Å². The molecule has 8 heteroatoms. The number of H-pyrrole nitrogens is 1. The number of rotatable bonds is 1. The lowest BCUT2D eigenvalue weighted by Crippen LogP contribution is -2.33. The molecule has 2 heterocycles. The van der Waals surface area contributed by atoms with E-state index in [1.807, 2.05) is 0 Å². The Labute approximate surface area is 100 Å². The molecule has 3 N–H and O–H groups in total. The van der Waals surface area contributed by atoms with Crippen molar-refractivity contribution in [2.45, 2.75) is 13.8 Å². The van der Waals surface area contributed by atoms with Gasteiger partial charge in [0.05, 0.1) is 6.20 Å². The molecule has 0 aliphatic carbocycles. The molecule has 1 aliphatic heterocycles. The molecule has 18 heavy (non-hydrogen) atoms.